The number of carbonyl (C=O) groups excluding carboxylic acids is 3. The third-order valence-electron chi connectivity index (χ3n) is 3.73. The molecule has 2 rings (SSSR count). The fourth-order valence-corrected chi connectivity index (χ4v) is 2.29. The standard InChI is InChI=1S/C18H18FN3O7/c1-10(2)16(21-17(24)14-4-3-7-28-14)18(25)29-9-15(23)20-12-6-5-11(19)8-13(12)22(26)27/h3-8,10,16H,9H2,1-2H3,(H,20,23)(H,21,24)/t16-/m0/s1. The number of halogens is 1. The van der Waals surface area contributed by atoms with Crippen molar-refractivity contribution in [1.29, 1.82) is 0 Å². The number of anilines is 1. The summed E-state index contributed by atoms with van der Waals surface area (Å²) >= 11 is 0. The Labute approximate surface area is 164 Å². The number of hydrogen-bond acceptors (Lipinski definition) is 7. The van der Waals surface area contributed by atoms with Crippen molar-refractivity contribution < 1.29 is 32.9 Å². The number of carbonyl (C=O) groups is 3. The van der Waals surface area contributed by atoms with Crippen molar-refractivity contribution in [2.24, 2.45) is 5.92 Å². The molecule has 2 aromatic rings. The van der Waals surface area contributed by atoms with Gasteiger partial charge in [-0.2, -0.15) is 0 Å². The molecule has 0 spiro atoms. The molecule has 0 aliphatic heterocycles. The van der Waals surface area contributed by atoms with Crippen LogP contribution in [0.1, 0.15) is 24.4 Å². The minimum Gasteiger partial charge on any atom is -0.459 e. The SMILES string of the molecule is CC(C)[C@H](NC(=O)c1ccco1)C(=O)OCC(=O)Nc1ccc(F)cc1[N+](=O)[O-]. The number of ether oxygens (including phenoxy) is 1. The van der Waals surface area contributed by atoms with Gasteiger partial charge in [-0.05, 0) is 30.2 Å². The van der Waals surface area contributed by atoms with Crippen molar-refractivity contribution in [3.63, 3.8) is 0 Å². The monoisotopic (exact) mass is 407 g/mol. The largest absolute Gasteiger partial charge is 0.459 e. The number of nitro groups is 1. The van der Waals surface area contributed by atoms with Gasteiger partial charge in [-0.1, -0.05) is 13.8 Å². The van der Waals surface area contributed by atoms with E-state index in [-0.39, 0.29) is 17.4 Å². The van der Waals surface area contributed by atoms with Gasteiger partial charge in [-0.15, -0.1) is 0 Å². The van der Waals surface area contributed by atoms with Gasteiger partial charge >= 0.3 is 5.97 Å². The van der Waals surface area contributed by atoms with Gasteiger partial charge in [-0.3, -0.25) is 19.7 Å². The molecule has 0 saturated carbocycles. The molecule has 0 fully saturated rings. The number of nitro benzene ring substituents is 1. The third-order valence-corrected chi connectivity index (χ3v) is 3.73. The number of furan rings is 1. The maximum atomic E-state index is 13.1. The van der Waals surface area contributed by atoms with Crippen LogP contribution in [0.3, 0.4) is 0 Å². The van der Waals surface area contributed by atoms with Gasteiger partial charge in [0.2, 0.25) is 0 Å². The number of nitrogens with one attached hydrogen (secondary N) is 2. The molecule has 0 radical (unpaired) electrons. The van der Waals surface area contributed by atoms with Crippen molar-refractivity contribution in [1.82, 2.24) is 5.32 Å². The summed E-state index contributed by atoms with van der Waals surface area (Å²) in [6.07, 6.45) is 1.30. The van der Waals surface area contributed by atoms with Crippen LogP contribution >= 0.6 is 0 Å². The maximum absolute atomic E-state index is 13.1. The molecule has 0 aliphatic rings. The van der Waals surface area contributed by atoms with Gasteiger partial charge in [0.25, 0.3) is 17.5 Å². The van der Waals surface area contributed by atoms with Crippen LogP contribution in [-0.4, -0.2) is 35.4 Å². The second-order valence-corrected chi connectivity index (χ2v) is 6.25. The van der Waals surface area contributed by atoms with Gasteiger partial charge in [0, 0.05) is 0 Å². The zero-order valence-electron chi connectivity index (χ0n) is 15.5. The lowest BCUT2D eigenvalue weighted by atomic mass is 10.0. The second kappa shape index (κ2) is 9.44. The lowest BCUT2D eigenvalue weighted by Crippen LogP contribution is -2.45. The molecule has 154 valence electrons. The number of esters is 1. The minimum absolute atomic E-state index is 0.00446. The van der Waals surface area contributed by atoms with Crippen LogP contribution in [-0.2, 0) is 14.3 Å². The normalized spacial score (nSPS) is 11.6. The van der Waals surface area contributed by atoms with E-state index in [0.29, 0.717) is 6.07 Å². The van der Waals surface area contributed by atoms with Crippen LogP contribution in [0.5, 0.6) is 0 Å². The van der Waals surface area contributed by atoms with Crippen molar-refractivity contribution in [3.8, 4) is 0 Å². The number of nitrogens with zero attached hydrogens (tertiary/aromatic N) is 1. The van der Waals surface area contributed by atoms with Crippen LogP contribution in [0.15, 0.2) is 41.0 Å². The second-order valence-electron chi connectivity index (χ2n) is 6.25. The molecule has 10 nitrogen and oxygen atoms in total. The van der Waals surface area contributed by atoms with Crippen LogP contribution in [0.25, 0.3) is 0 Å². The first-order valence-corrected chi connectivity index (χ1v) is 8.44. The molecule has 2 amide bonds. The smallest absolute Gasteiger partial charge is 0.329 e. The topological polar surface area (TPSA) is 141 Å². The number of hydrogen-bond donors (Lipinski definition) is 2. The number of amides is 2. The first-order valence-electron chi connectivity index (χ1n) is 8.44. The van der Waals surface area contributed by atoms with Gasteiger partial charge in [0.1, 0.15) is 17.5 Å². The van der Waals surface area contributed by atoms with E-state index in [0.717, 1.165) is 12.1 Å². The lowest BCUT2D eigenvalue weighted by molar-refractivity contribution is -0.384. The summed E-state index contributed by atoms with van der Waals surface area (Å²) in [6, 6.07) is 4.49. The summed E-state index contributed by atoms with van der Waals surface area (Å²) in [5.41, 5.74) is -0.889. The molecule has 1 aromatic heterocycles. The molecule has 0 bridgehead atoms. The van der Waals surface area contributed by atoms with Gasteiger partial charge in [-0.25, -0.2) is 9.18 Å². The molecular weight excluding hydrogens is 389 g/mol. The molecule has 0 unspecified atom stereocenters. The summed E-state index contributed by atoms with van der Waals surface area (Å²) < 4.78 is 23.0. The molecule has 2 N–H and O–H groups in total. The Hall–Kier alpha value is -3.76. The van der Waals surface area contributed by atoms with E-state index in [9.17, 15) is 28.9 Å². The van der Waals surface area contributed by atoms with Gasteiger partial charge < -0.3 is 19.8 Å². The highest BCUT2D eigenvalue weighted by Crippen LogP contribution is 2.24. The summed E-state index contributed by atoms with van der Waals surface area (Å²) in [7, 11) is 0. The predicted octanol–water partition coefficient (Wildman–Crippen LogP) is 2.26. The van der Waals surface area contributed by atoms with E-state index >= 15 is 0 Å². The molecule has 0 saturated heterocycles. The van der Waals surface area contributed by atoms with Crippen molar-refractivity contribution in [2.75, 3.05) is 11.9 Å². The van der Waals surface area contributed by atoms with E-state index < -0.39 is 46.9 Å². The Kier molecular flexibility index (Phi) is 7.01. The highest BCUT2D eigenvalue weighted by Gasteiger charge is 2.28. The van der Waals surface area contributed by atoms with E-state index in [1.54, 1.807) is 13.8 Å². The summed E-state index contributed by atoms with van der Waals surface area (Å²) in [5, 5.41) is 15.6. The minimum atomic E-state index is -1.06. The molecule has 1 heterocycles. The summed E-state index contributed by atoms with van der Waals surface area (Å²) in [5.74, 6) is -3.56. The molecule has 1 aromatic carbocycles. The first kappa shape index (κ1) is 21.5. The molecule has 11 heteroatoms. The van der Waals surface area contributed by atoms with Crippen LogP contribution < -0.4 is 10.6 Å². The molecular formula is C18H18FN3O7. The average molecular weight is 407 g/mol. The van der Waals surface area contributed by atoms with E-state index in [1.807, 2.05) is 0 Å². The lowest BCUT2D eigenvalue weighted by Gasteiger charge is -2.20. The van der Waals surface area contributed by atoms with Crippen molar-refractivity contribution in [3.05, 3.63) is 58.3 Å². The van der Waals surface area contributed by atoms with E-state index in [2.05, 4.69) is 10.6 Å². The molecule has 0 aliphatic carbocycles. The Bertz CT molecular complexity index is 912. The fraction of sp³-hybridized carbons (Fsp3) is 0.278. The Morgan fingerprint density at radius 3 is 2.59 bits per heavy atom. The highest BCUT2D eigenvalue weighted by molar-refractivity contribution is 5.96. The first-order chi connectivity index (χ1) is 13.7. The number of rotatable bonds is 8. The van der Waals surface area contributed by atoms with Crippen molar-refractivity contribution >= 4 is 29.2 Å². The van der Waals surface area contributed by atoms with Crippen LogP contribution in [0, 0.1) is 21.8 Å². The molecule has 1 atom stereocenters. The average Bonchev–Trinajstić information content (AvgIpc) is 3.20. The fourth-order valence-electron chi connectivity index (χ4n) is 2.29. The van der Waals surface area contributed by atoms with E-state index in [1.165, 1.54) is 18.4 Å². The third kappa shape index (κ3) is 5.86. The van der Waals surface area contributed by atoms with Crippen LogP contribution in [0.4, 0.5) is 15.8 Å². The number of benzene rings is 1. The van der Waals surface area contributed by atoms with Crippen molar-refractivity contribution in [2.45, 2.75) is 19.9 Å². The summed E-state index contributed by atoms with van der Waals surface area (Å²) in [4.78, 5) is 46.4. The zero-order chi connectivity index (χ0) is 21.6. The quantitative estimate of drug-likeness (QED) is 0.388. The highest BCUT2D eigenvalue weighted by atomic mass is 19.1. The van der Waals surface area contributed by atoms with E-state index in [4.69, 9.17) is 9.15 Å². The van der Waals surface area contributed by atoms with Crippen LogP contribution in [0.2, 0.25) is 0 Å². The van der Waals surface area contributed by atoms with Gasteiger partial charge in [0.05, 0.1) is 17.3 Å². The Morgan fingerprint density at radius 2 is 2.00 bits per heavy atom. The zero-order valence-corrected chi connectivity index (χ0v) is 15.5. The maximum Gasteiger partial charge on any atom is 0.329 e. The summed E-state index contributed by atoms with van der Waals surface area (Å²) in [6.45, 7) is 2.57. The van der Waals surface area contributed by atoms with Gasteiger partial charge in [0.15, 0.2) is 12.4 Å². The Morgan fingerprint density at radius 1 is 1.28 bits per heavy atom. The predicted molar refractivity (Wildman–Crippen MR) is 97.4 cm³/mol. The molecule has 29 heavy (non-hydrogen) atoms. The Balaban J connectivity index is 1.96.